The number of anilines is 1. The molecule has 0 spiro atoms. The molecule has 1 aromatic rings. The van der Waals surface area contributed by atoms with Crippen LogP contribution in [0.3, 0.4) is 0 Å². The summed E-state index contributed by atoms with van der Waals surface area (Å²) in [6, 6.07) is 5.23. The quantitative estimate of drug-likeness (QED) is 0.890. The van der Waals surface area contributed by atoms with Crippen molar-refractivity contribution < 1.29 is 4.39 Å². The SMILES string of the molecule is CCC(N)Cc1cc(F)ccc1N1CCC(C)C1. The van der Waals surface area contributed by atoms with Crippen LogP contribution in [-0.2, 0) is 6.42 Å². The number of hydrogen-bond acceptors (Lipinski definition) is 2. The zero-order valence-electron chi connectivity index (χ0n) is 11.3. The Morgan fingerprint density at radius 3 is 2.89 bits per heavy atom. The molecule has 100 valence electrons. The maximum atomic E-state index is 13.4. The van der Waals surface area contributed by atoms with Gasteiger partial charge in [-0.3, -0.25) is 0 Å². The van der Waals surface area contributed by atoms with Crippen LogP contribution < -0.4 is 10.6 Å². The van der Waals surface area contributed by atoms with Crippen LogP contribution in [0.1, 0.15) is 32.3 Å². The molecule has 1 saturated heterocycles. The van der Waals surface area contributed by atoms with Gasteiger partial charge in [-0.2, -0.15) is 0 Å². The summed E-state index contributed by atoms with van der Waals surface area (Å²) in [6.45, 7) is 6.48. The van der Waals surface area contributed by atoms with Crippen LogP contribution in [0.5, 0.6) is 0 Å². The summed E-state index contributed by atoms with van der Waals surface area (Å²) in [5.41, 5.74) is 8.23. The highest BCUT2D eigenvalue weighted by Gasteiger charge is 2.21. The van der Waals surface area contributed by atoms with Crippen molar-refractivity contribution in [3.8, 4) is 0 Å². The Morgan fingerprint density at radius 2 is 2.28 bits per heavy atom. The fourth-order valence-electron chi connectivity index (χ4n) is 2.61. The Balaban J connectivity index is 2.22. The number of rotatable bonds is 4. The van der Waals surface area contributed by atoms with Crippen molar-refractivity contribution in [1.82, 2.24) is 0 Å². The molecule has 1 aromatic carbocycles. The molecule has 0 aromatic heterocycles. The standard InChI is InChI=1S/C15H23FN2/c1-3-14(17)9-12-8-13(16)4-5-15(12)18-7-6-11(2)10-18/h4-5,8,11,14H,3,6-7,9-10,17H2,1-2H3. The first-order chi connectivity index (χ1) is 8.60. The maximum Gasteiger partial charge on any atom is 0.123 e. The van der Waals surface area contributed by atoms with E-state index in [1.807, 2.05) is 6.07 Å². The molecule has 0 bridgehead atoms. The second-order valence-corrected chi connectivity index (χ2v) is 5.49. The van der Waals surface area contributed by atoms with E-state index in [4.69, 9.17) is 5.73 Å². The first kappa shape index (κ1) is 13.3. The molecule has 0 saturated carbocycles. The molecule has 1 aliphatic heterocycles. The van der Waals surface area contributed by atoms with E-state index in [1.54, 1.807) is 12.1 Å². The van der Waals surface area contributed by atoms with Crippen LogP contribution in [0.2, 0.25) is 0 Å². The van der Waals surface area contributed by atoms with Gasteiger partial charge in [0.15, 0.2) is 0 Å². The minimum atomic E-state index is -0.163. The number of halogens is 1. The Morgan fingerprint density at radius 1 is 1.50 bits per heavy atom. The molecule has 1 heterocycles. The van der Waals surface area contributed by atoms with Gasteiger partial charge in [-0.1, -0.05) is 13.8 Å². The summed E-state index contributed by atoms with van der Waals surface area (Å²) < 4.78 is 13.4. The number of nitrogens with two attached hydrogens (primary N) is 1. The fourth-order valence-corrected chi connectivity index (χ4v) is 2.61. The molecule has 3 heteroatoms. The first-order valence-electron chi connectivity index (χ1n) is 6.89. The predicted molar refractivity (Wildman–Crippen MR) is 74.4 cm³/mol. The lowest BCUT2D eigenvalue weighted by Gasteiger charge is -2.23. The Labute approximate surface area is 109 Å². The van der Waals surface area contributed by atoms with Crippen molar-refractivity contribution in [1.29, 1.82) is 0 Å². The summed E-state index contributed by atoms with van der Waals surface area (Å²) in [5.74, 6) is 0.562. The monoisotopic (exact) mass is 250 g/mol. The molecule has 18 heavy (non-hydrogen) atoms. The van der Waals surface area contributed by atoms with Crippen LogP contribution >= 0.6 is 0 Å². The lowest BCUT2D eigenvalue weighted by atomic mass is 10.0. The van der Waals surface area contributed by atoms with Crippen molar-refractivity contribution in [3.63, 3.8) is 0 Å². The van der Waals surface area contributed by atoms with Gasteiger partial charge in [-0.25, -0.2) is 4.39 Å². The topological polar surface area (TPSA) is 29.3 Å². The van der Waals surface area contributed by atoms with Crippen LogP contribution in [0, 0.1) is 11.7 Å². The Kier molecular flexibility index (Phi) is 4.23. The van der Waals surface area contributed by atoms with Crippen molar-refractivity contribution in [2.45, 2.75) is 39.2 Å². The molecule has 0 radical (unpaired) electrons. The van der Waals surface area contributed by atoms with Crippen LogP contribution in [0.25, 0.3) is 0 Å². The molecule has 2 N–H and O–H groups in total. The van der Waals surface area contributed by atoms with Gasteiger partial charge < -0.3 is 10.6 Å². The molecule has 0 amide bonds. The van der Waals surface area contributed by atoms with Crippen LogP contribution in [-0.4, -0.2) is 19.1 Å². The Hall–Kier alpha value is -1.09. The van der Waals surface area contributed by atoms with E-state index in [0.717, 1.165) is 37.4 Å². The molecule has 2 rings (SSSR count). The maximum absolute atomic E-state index is 13.4. The molecular weight excluding hydrogens is 227 g/mol. The van der Waals surface area contributed by atoms with Crippen molar-refractivity contribution in [2.24, 2.45) is 11.7 Å². The van der Waals surface area contributed by atoms with E-state index < -0.39 is 0 Å². The fraction of sp³-hybridized carbons (Fsp3) is 0.600. The summed E-state index contributed by atoms with van der Waals surface area (Å²) in [6.07, 6.45) is 2.90. The van der Waals surface area contributed by atoms with Crippen molar-refractivity contribution >= 4 is 5.69 Å². The third kappa shape index (κ3) is 3.02. The summed E-state index contributed by atoms with van der Waals surface area (Å²) in [5, 5.41) is 0. The van der Waals surface area contributed by atoms with E-state index in [2.05, 4.69) is 18.7 Å². The summed E-state index contributed by atoms with van der Waals surface area (Å²) in [7, 11) is 0. The molecular formula is C15H23FN2. The molecule has 1 fully saturated rings. The number of benzene rings is 1. The van der Waals surface area contributed by atoms with Gasteiger partial charge in [-0.05, 0) is 48.9 Å². The second-order valence-electron chi connectivity index (χ2n) is 5.49. The molecule has 1 aliphatic rings. The second kappa shape index (κ2) is 5.70. The van der Waals surface area contributed by atoms with Gasteiger partial charge in [0, 0.05) is 24.8 Å². The minimum absolute atomic E-state index is 0.116. The third-order valence-corrected chi connectivity index (χ3v) is 3.81. The first-order valence-corrected chi connectivity index (χ1v) is 6.89. The molecule has 2 nitrogen and oxygen atoms in total. The summed E-state index contributed by atoms with van der Waals surface area (Å²) in [4.78, 5) is 2.36. The van der Waals surface area contributed by atoms with E-state index in [0.29, 0.717) is 0 Å². The average molecular weight is 250 g/mol. The predicted octanol–water partition coefficient (Wildman–Crippen LogP) is 2.95. The zero-order chi connectivity index (χ0) is 13.1. The third-order valence-electron chi connectivity index (χ3n) is 3.81. The van der Waals surface area contributed by atoms with Gasteiger partial charge in [0.2, 0.25) is 0 Å². The highest BCUT2D eigenvalue weighted by molar-refractivity contribution is 5.55. The molecule has 2 unspecified atom stereocenters. The lowest BCUT2D eigenvalue weighted by molar-refractivity contribution is 0.613. The summed E-state index contributed by atoms with van der Waals surface area (Å²) >= 11 is 0. The zero-order valence-corrected chi connectivity index (χ0v) is 11.3. The average Bonchev–Trinajstić information content (AvgIpc) is 2.75. The largest absolute Gasteiger partial charge is 0.371 e. The highest BCUT2D eigenvalue weighted by atomic mass is 19.1. The molecule has 2 atom stereocenters. The highest BCUT2D eigenvalue weighted by Crippen LogP contribution is 2.28. The van der Waals surface area contributed by atoms with E-state index in [-0.39, 0.29) is 11.9 Å². The van der Waals surface area contributed by atoms with Gasteiger partial charge in [0.1, 0.15) is 5.82 Å². The van der Waals surface area contributed by atoms with Crippen LogP contribution in [0.15, 0.2) is 18.2 Å². The normalized spacial score (nSPS) is 21.3. The van der Waals surface area contributed by atoms with E-state index in [9.17, 15) is 4.39 Å². The minimum Gasteiger partial charge on any atom is -0.371 e. The van der Waals surface area contributed by atoms with Crippen molar-refractivity contribution in [2.75, 3.05) is 18.0 Å². The van der Waals surface area contributed by atoms with Gasteiger partial charge in [0.05, 0.1) is 0 Å². The lowest BCUT2D eigenvalue weighted by Crippen LogP contribution is -2.25. The van der Waals surface area contributed by atoms with Gasteiger partial charge in [0.25, 0.3) is 0 Å². The van der Waals surface area contributed by atoms with E-state index in [1.165, 1.54) is 12.1 Å². The Bertz CT molecular complexity index is 405. The van der Waals surface area contributed by atoms with E-state index >= 15 is 0 Å². The smallest absolute Gasteiger partial charge is 0.123 e. The number of nitrogens with zero attached hydrogens (tertiary/aromatic N) is 1. The van der Waals surface area contributed by atoms with Crippen molar-refractivity contribution in [3.05, 3.63) is 29.6 Å². The number of hydrogen-bond donors (Lipinski definition) is 1. The van der Waals surface area contributed by atoms with Gasteiger partial charge >= 0.3 is 0 Å². The van der Waals surface area contributed by atoms with Gasteiger partial charge in [-0.15, -0.1) is 0 Å². The van der Waals surface area contributed by atoms with Crippen LogP contribution in [0.4, 0.5) is 10.1 Å². The molecule has 0 aliphatic carbocycles.